The first-order valence-corrected chi connectivity index (χ1v) is 12.2. The summed E-state index contributed by atoms with van der Waals surface area (Å²) in [6.45, 7) is 4.60. The highest BCUT2D eigenvalue weighted by molar-refractivity contribution is 6.06. The van der Waals surface area contributed by atoms with Gasteiger partial charge in [0.1, 0.15) is 0 Å². The molecule has 0 bridgehead atoms. The summed E-state index contributed by atoms with van der Waals surface area (Å²) in [5, 5.41) is 0.977. The van der Waals surface area contributed by atoms with Crippen molar-refractivity contribution in [3.63, 3.8) is 0 Å². The van der Waals surface area contributed by atoms with Crippen LogP contribution in [0.2, 0.25) is 0 Å². The Bertz CT molecular complexity index is 1350. The number of fused-ring (bicyclic) bond motifs is 1. The number of rotatable bonds is 4. The van der Waals surface area contributed by atoms with E-state index in [1.54, 1.807) is 0 Å². The van der Waals surface area contributed by atoms with E-state index in [0.717, 1.165) is 59.3 Å². The number of hydrogen-bond acceptors (Lipinski definition) is 3. The third-order valence-electron chi connectivity index (χ3n) is 7.33. The summed E-state index contributed by atoms with van der Waals surface area (Å²) in [7, 11) is 0. The van der Waals surface area contributed by atoms with Crippen LogP contribution < -0.4 is 0 Å². The molecule has 176 valence electrons. The minimum absolute atomic E-state index is 0.0893. The highest BCUT2D eigenvalue weighted by Gasteiger charge is 2.37. The van der Waals surface area contributed by atoms with Gasteiger partial charge in [-0.2, -0.15) is 0 Å². The molecule has 3 heterocycles. The Balaban J connectivity index is 1.02. The molecule has 2 amide bonds. The fraction of sp³-hybridized carbons (Fsp3) is 0.241. The van der Waals surface area contributed by atoms with Crippen molar-refractivity contribution >= 4 is 22.7 Å². The van der Waals surface area contributed by atoms with Crippen LogP contribution >= 0.6 is 0 Å². The number of amides is 2. The van der Waals surface area contributed by atoms with Crippen molar-refractivity contribution in [1.29, 1.82) is 0 Å². The number of hydrogen-bond donors (Lipinski definition) is 1. The van der Waals surface area contributed by atoms with E-state index in [-0.39, 0.29) is 11.8 Å². The van der Waals surface area contributed by atoms with Crippen molar-refractivity contribution < 1.29 is 9.59 Å². The van der Waals surface area contributed by atoms with Gasteiger partial charge in [-0.1, -0.05) is 60.7 Å². The number of nitrogens with zero attached hydrogens (tertiary/aromatic N) is 3. The summed E-state index contributed by atoms with van der Waals surface area (Å²) in [4.78, 5) is 35.5. The fourth-order valence-corrected chi connectivity index (χ4v) is 5.18. The first-order chi connectivity index (χ1) is 17.2. The molecule has 6 heteroatoms. The topological polar surface area (TPSA) is 59.7 Å². The van der Waals surface area contributed by atoms with Crippen LogP contribution in [0.4, 0.5) is 0 Å². The fourth-order valence-electron chi connectivity index (χ4n) is 5.18. The molecule has 6 rings (SSSR count). The summed E-state index contributed by atoms with van der Waals surface area (Å²) in [5.41, 5.74) is 4.73. The Kier molecular flexibility index (Phi) is 5.58. The van der Waals surface area contributed by atoms with Gasteiger partial charge in [0.2, 0.25) is 0 Å². The molecule has 35 heavy (non-hydrogen) atoms. The lowest BCUT2D eigenvalue weighted by molar-refractivity contribution is 0.00858. The quantitative estimate of drug-likeness (QED) is 0.494. The van der Waals surface area contributed by atoms with E-state index in [1.807, 2.05) is 82.7 Å². The first-order valence-electron chi connectivity index (χ1n) is 12.2. The summed E-state index contributed by atoms with van der Waals surface area (Å²) >= 11 is 0. The van der Waals surface area contributed by atoms with Crippen LogP contribution in [-0.2, 0) is 0 Å². The van der Waals surface area contributed by atoms with Crippen molar-refractivity contribution in [3.8, 4) is 11.1 Å². The highest BCUT2D eigenvalue weighted by atomic mass is 16.2. The predicted octanol–water partition coefficient (Wildman–Crippen LogP) is 4.12. The zero-order valence-electron chi connectivity index (χ0n) is 19.6. The Hall–Kier alpha value is -3.90. The average molecular weight is 465 g/mol. The molecule has 6 nitrogen and oxygen atoms in total. The normalized spacial score (nSPS) is 16.9. The van der Waals surface area contributed by atoms with Crippen LogP contribution in [0.15, 0.2) is 85.1 Å². The van der Waals surface area contributed by atoms with E-state index in [1.165, 1.54) is 0 Å². The maximum Gasteiger partial charge on any atom is 0.256 e. The van der Waals surface area contributed by atoms with Crippen LogP contribution in [0, 0.1) is 0 Å². The lowest BCUT2D eigenvalue weighted by Crippen LogP contribution is -2.64. The highest BCUT2D eigenvalue weighted by Crippen LogP contribution is 2.24. The zero-order valence-corrected chi connectivity index (χ0v) is 19.6. The van der Waals surface area contributed by atoms with E-state index in [2.05, 4.69) is 22.0 Å². The number of H-pyrrole nitrogens is 1. The lowest BCUT2D eigenvalue weighted by atomic mass is 10.0. The summed E-state index contributed by atoms with van der Waals surface area (Å²) < 4.78 is 0. The Morgan fingerprint density at radius 2 is 1.34 bits per heavy atom. The molecule has 2 aliphatic rings. The van der Waals surface area contributed by atoms with Gasteiger partial charge in [0.05, 0.1) is 5.56 Å². The van der Waals surface area contributed by atoms with E-state index < -0.39 is 0 Å². The van der Waals surface area contributed by atoms with Gasteiger partial charge in [-0.15, -0.1) is 0 Å². The van der Waals surface area contributed by atoms with Gasteiger partial charge < -0.3 is 14.8 Å². The monoisotopic (exact) mass is 464 g/mol. The van der Waals surface area contributed by atoms with Crippen LogP contribution in [0.1, 0.15) is 20.7 Å². The third kappa shape index (κ3) is 4.10. The van der Waals surface area contributed by atoms with Crippen LogP contribution in [0.5, 0.6) is 0 Å². The number of carbonyl (C=O) groups is 2. The second kappa shape index (κ2) is 9.04. The third-order valence-corrected chi connectivity index (χ3v) is 7.33. The number of aromatic nitrogens is 1. The van der Waals surface area contributed by atoms with Gasteiger partial charge in [-0.25, -0.2) is 0 Å². The smallest absolute Gasteiger partial charge is 0.256 e. The van der Waals surface area contributed by atoms with Gasteiger partial charge >= 0.3 is 0 Å². The van der Waals surface area contributed by atoms with Crippen molar-refractivity contribution in [1.82, 2.24) is 19.7 Å². The van der Waals surface area contributed by atoms with Crippen LogP contribution in [-0.4, -0.2) is 76.8 Å². The minimum Gasteiger partial charge on any atom is -0.360 e. The second-order valence-corrected chi connectivity index (χ2v) is 9.38. The standard InChI is InChI=1S/C29H28N4O2/c34-28(23-12-10-22(11-13-23)21-6-2-1-3-7-21)33-19-24(20-33)31-14-16-32(17-15-31)29(35)26-18-30-27-9-5-4-8-25(26)27/h1-13,18,24,30H,14-17,19-20H2. The molecule has 2 saturated heterocycles. The number of nitrogens with one attached hydrogen (secondary N) is 1. The molecule has 4 aromatic rings. The molecule has 0 saturated carbocycles. The van der Waals surface area contributed by atoms with E-state index in [9.17, 15) is 9.59 Å². The van der Waals surface area contributed by atoms with Gasteiger partial charge in [-0.05, 0) is 29.3 Å². The average Bonchev–Trinajstić information content (AvgIpc) is 3.33. The molecule has 0 unspecified atom stereocenters. The summed E-state index contributed by atoms with van der Waals surface area (Å²) in [5.74, 6) is 0.181. The lowest BCUT2D eigenvalue weighted by Gasteiger charge is -2.48. The minimum atomic E-state index is 0.0893. The van der Waals surface area contributed by atoms with Gasteiger partial charge in [0.15, 0.2) is 0 Å². The predicted molar refractivity (Wildman–Crippen MR) is 137 cm³/mol. The number of piperazine rings is 1. The molecule has 1 aromatic heterocycles. The molecule has 2 aliphatic heterocycles. The molecule has 0 spiro atoms. The molecule has 0 radical (unpaired) electrons. The van der Waals surface area contributed by atoms with E-state index >= 15 is 0 Å². The Morgan fingerprint density at radius 3 is 2.09 bits per heavy atom. The molecule has 0 atom stereocenters. The first kappa shape index (κ1) is 21.6. The Labute approximate surface area is 204 Å². The number of likely N-dealkylation sites (tertiary alicyclic amines) is 1. The molecular weight excluding hydrogens is 436 g/mol. The van der Waals surface area contributed by atoms with Gasteiger partial charge in [-0.3, -0.25) is 14.5 Å². The Morgan fingerprint density at radius 1 is 0.686 bits per heavy atom. The van der Waals surface area contributed by atoms with Crippen molar-refractivity contribution in [3.05, 3.63) is 96.2 Å². The largest absolute Gasteiger partial charge is 0.360 e. The van der Waals surface area contributed by atoms with Crippen molar-refractivity contribution in [2.45, 2.75) is 6.04 Å². The van der Waals surface area contributed by atoms with Gasteiger partial charge in [0, 0.05) is 68.0 Å². The maximum atomic E-state index is 13.1. The maximum absolute atomic E-state index is 13.1. The molecular formula is C29H28N4O2. The molecule has 3 aromatic carbocycles. The molecule has 1 N–H and O–H groups in total. The van der Waals surface area contributed by atoms with Crippen molar-refractivity contribution in [2.75, 3.05) is 39.3 Å². The van der Waals surface area contributed by atoms with Gasteiger partial charge in [0.25, 0.3) is 11.8 Å². The summed E-state index contributed by atoms with van der Waals surface area (Å²) in [6, 6.07) is 26.4. The molecule has 0 aliphatic carbocycles. The second-order valence-electron chi connectivity index (χ2n) is 9.38. The van der Waals surface area contributed by atoms with Crippen LogP contribution in [0.3, 0.4) is 0 Å². The number of aromatic amines is 1. The molecule has 2 fully saturated rings. The zero-order chi connectivity index (χ0) is 23.8. The number of benzene rings is 3. The summed E-state index contributed by atoms with van der Waals surface area (Å²) in [6.07, 6.45) is 1.82. The number of carbonyl (C=O) groups excluding carboxylic acids is 2. The van der Waals surface area contributed by atoms with E-state index in [0.29, 0.717) is 19.1 Å². The van der Waals surface area contributed by atoms with Crippen LogP contribution in [0.25, 0.3) is 22.0 Å². The van der Waals surface area contributed by atoms with Crippen molar-refractivity contribution in [2.24, 2.45) is 0 Å². The van der Waals surface area contributed by atoms with E-state index in [4.69, 9.17) is 0 Å². The number of para-hydroxylation sites is 1. The SMILES string of the molecule is O=C(c1ccc(-c2ccccc2)cc1)N1CC(N2CCN(C(=O)c3c[nH]c4ccccc34)CC2)C1.